The minimum Gasteiger partial charge on any atom is -0.254 e. The van der Waals surface area contributed by atoms with Crippen LogP contribution >= 0.6 is 25.3 Å². The summed E-state index contributed by atoms with van der Waals surface area (Å²) in [5.41, 5.74) is 0. The molecule has 0 aliphatic carbocycles. The maximum Gasteiger partial charge on any atom is 0.762 e. The number of rotatable bonds is 2. The Kier molecular flexibility index (Phi) is 15.5. The van der Waals surface area contributed by atoms with Gasteiger partial charge in [-0.25, -0.2) is 0 Å². The molecule has 9 heavy (non-hydrogen) atoms. The van der Waals surface area contributed by atoms with E-state index in [1.807, 2.05) is 0 Å². The Morgan fingerprint density at radius 1 is 1.00 bits per heavy atom. The number of hydrogen-bond acceptors (Lipinski definition) is 2. The van der Waals surface area contributed by atoms with E-state index in [4.69, 9.17) is 0 Å². The van der Waals surface area contributed by atoms with Crippen molar-refractivity contribution >= 4 is 32.8 Å². The molecule has 0 N–H and O–H groups in total. The highest BCUT2D eigenvalue weighted by molar-refractivity contribution is 7.81. The summed E-state index contributed by atoms with van der Waals surface area (Å²) in [6.45, 7) is 0. The molecular weight excluding hydrogens is 168 g/mol. The summed E-state index contributed by atoms with van der Waals surface area (Å²) in [5.74, 6) is 1.92. The minimum absolute atomic E-state index is 0.962. The lowest BCUT2D eigenvalue weighted by atomic mass is 10.5. The highest BCUT2D eigenvalue weighted by Crippen LogP contribution is 1.83. The van der Waals surface area contributed by atoms with Gasteiger partial charge in [-0.15, -0.1) is 0 Å². The number of thiol groups is 2. The highest BCUT2D eigenvalue weighted by Gasteiger charge is 2.06. The van der Waals surface area contributed by atoms with Crippen LogP contribution in [0, 0.1) is 0 Å². The van der Waals surface area contributed by atoms with Crippen molar-refractivity contribution < 1.29 is 12.9 Å². The van der Waals surface area contributed by atoms with Crippen LogP contribution in [0.3, 0.4) is 0 Å². The van der Waals surface area contributed by atoms with Crippen molar-refractivity contribution in [2.24, 2.45) is 0 Å². The standard InChI is InChI=1S/C3H8S2.BF3/c4-2-1-3-5;2-1(3)4/h4-5H,1-3H2;. The first-order valence-electron chi connectivity index (χ1n) is 2.29. The molecule has 0 spiro atoms. The van der Waals surface area contributed by atoms with Gasteiger partial charge in [0.2, 0.25) is 0 Å². The molecule has 0 bridgehead atoms. The van der Waals surface area contributed by atoms with Gasteiger partial charge in [-0.3, -0.25) is 12.9 Å². The molecule has 0 aromatic rings. The van der Waals surface area contributed by atoms with E-state index in [2.05, 4.69) is 25.3 Å². The Hall–Kier alpha value is 0.555. The van der Waals surface area contributed by atoms with Crippen molar-refractivity contribution in [1.82, 2.24) is 0 Å². The van der Waals surface area contributed by atoms with Crippen molar-refractivity contribution in [2.45, 2.75) is 6.42 Å². The predicted molar refractivity (Wildman–Crippen MR) is 41.4 cm³/mol. The smallest absolute Gasteiger partial charge is 0.254 e. The fraction of sp³-hybridized carbons (Fsp3) is 1.00. The highest BCUT2D eigenvalue weighted by atomic mass is 32.1. The van der Waals surface area contributed by atoms with Gasteiger partial charge in [0.1, 0.15) is 0 Å². The lowest BCUT2D eigenvalue weighted by molar-refractivity contribution is 0.535. The van der Waals surface area contributed by atoms with E-state index in [1.54, 1.807) is 0 Å². The summed E-state index contributed by atoms with van der Waals surface area (Å²) in [4.78, 5) is 0. The van der Waals surface area contributed by atoms with Crippen molar-refractivity contribution in [1.29, 1.82) is 0 Å². The van der Waals surface area contributed by atoms with Gasteiger partial charge in [0.05, 0.1) is 0 Å². The van der Waals surface area contributed by atoms with Crippen molar-refractivity contribution in [3.05, 3.63) is 0 Å². The van der Waals surface area contributed by atoms with Crippen molar-refractivity contribution in [2.75, 3.05) is 11.5 Å². The van der Waals surface area contributed by atoms with Crippen LogP contribution < -0.4 is 0 Å². The lowest BCUT2D eigenvalue weighted by Gasteiger charge is -1.78. The zero-order valence-electron chi connectivity index (χ0n) is 4.73. The van der Waals surface area contributed by atoms with Crippen LogP contribution in [-0.4, -0.2) is 19.0 Å². The first kappa shape index (κ1) is 12.3. The van der Waals surface area contributed by atoms with Crippen molar-refractivity contribution in [3.63, 3.8) is 0 Å². The van der Waals surface area contributed by atoms with Crippen LogP contribution in [0.25, 0.3) is 0 Å². The van der Waals surface area contributed by atoms with Gasteiger partial charge in [0.25, 0.3) is 0 Å². The average molecular weight is 176 g/mol. The summed E-state index contributed by atoms with van der Waals surface area (Å²) in [6.07, 6.45) is 1.12. The van der Waals surface area contributed by atoms with E-state index in [0.717, 1.165) is 17.9 Å². The molecule has 6 heteroatoms. The molecule has 0 aromatic heterocycles. The molecule has 0 amide bonds. The predicted octanol–water partition coefficient (Wildman–Crippen LogP) is 2.12. The molecule has 0 nitrogen and oxygen atoms in total. The van der Waals surface area contributed by atoms with Gasteiger partial charge in [-0.2, -0.15) is 25.3 Å². The van der Waals surface area contributed by atoms with Crippen molar-refractivity contribution in [3.8, 4) is 0 Å². The molecule has 0 atom stereocenters. The second-order valence-corrected chi connectivity index (χ2v) is 1.94. The van der Waals surface area contributed by atoms with E-state index in [9.17, 15) is 12.9 Å². The monoisotopic (exact) mass is 176 g/mol. The Balaban J connectivity index is 0. The Morgan fingerprint density at radius 3 is 1.22 bits per heavy atom. The second kappa shape index (κ2) is 11.4. The first-order chi connectivity index (χ1) is 4.15. The van der Waals surface area contributed by atoms with Gasteiger partial charge in [0, 0.05) is 0 Å². The quantitative estimate of drug-likeness (QED) is 0.467. The van der Waals surface area contributed by atoms with Crippen LogP contribution in [0.1, 0.15) is 6.42 Å². The lowest BCUT2D eigenvalue weighted by Crippen LogP contribution is -1.76. The number of halogens is 3. The van der Waals surface area contributed by atoms with Gasteiger partial charge < -0.3 is 0 Å². The summed E-state index contributed by atoms with van der Waals surface area (Å²) in [5, 5.41) is 0. The minimum atomic E-state index is -3.67. The van der Waals surface area contributed by atoms with E-state index in [1.165, 1.54) is 0 Å². The summed E-state index contributed by atoms with van der Waals surface area (Å²) in [7, 11) is -3.67. The average Bonchev–Trinajstić information content (AvgIpc) is 1.66. The van der Waals surface area contributed by atoms with Gasteiger partial charge in [0.15, 0.2) is 0 Å². The Morgan fingerprint density at radius 2 is 1.22 bits per heavy atom. The summed E-state index contributed by atoms with van der Waals surface area (Å²) >= 11 is 7.90. The van der Waals surface area contributed by atoms with E-state index in [0.29, 0.717) is 0 Å². The van der Waals surface area contributed by atoms with Crippen LogP contribution in [0.2, 0.25) is 0 Å². The summed E-state index contributed by atoms with van der Waals surface area (Å²) in [6, 6.07) is 0. The summed E-state index contributed by atoms with van der Waals surface area (Å²) < 4.78 is 29.0. The molecule has 0 radical (unpaired) electrons. The molecule has 56 valence electrons. The molecule has 0 unspecified atom stereocenters. The number of hydrogen-bond donors (Lipinski definition) is 2. The third-order valence-corrected chi connectivity index (χ3v) is 0.949. The van der Waals surface area contributed by atoms with Crippen LogP contribution in [0.5, 0.6) is 0 Å². The Labute approximate surface area is 64.3 Å². The maximum atomic E-state index is 9.67. The van der Waals surface area contributed by atoms with Crippen LogP contribution in [0.15, 0.2) is 0 Å². The fourth-order valence-electron chi connectivity index (χ4n) is 0.0707. The van der Waals surface area contributed by atoms with E-state index >= 15 is 0 Å². The second-order valence-electron chi connectivity index (χ2n) is 1.05. The molecular formula is C3H8BF3S2. The third-order valence-electron chi connectivity index (χ3n) is 0.316. The van der Waals surface area contributed by atoms with Gasteiger partial charge in [-0.1, -0.05) is 0 Å². The van der Waals surface area contributed by atoms with Gasteiger partial charge in [-0.05, 0) is 17.9 Å². The molecule has 0 saturated heterocycles. The fourth-order valence-corrected chi connectivity index (χ4v) is 0.636. The molecule has 0 saturated carbocycles. The zero-order valence-corrected chi connectivity index (χ0v) is 6.52. The first-order valence-corrected chi connectivity index (χ1v) is 3.55. The van der Waals surface area contributed by atoms with Crippen LogP contribution in [0.4, 0.5) is 12.9 Å². The zero-order chi connectivity index (χ0) is 7.70. The van der Waals surface area contributed by atoms with Gasteiger partial charge >= 0.3 is 7.54 Å². The maximum absolute atomic E-state index is 9.67. The largest absolute Gasteiger partial charge is 0.762 e. The molecule has 0 aliphatic heterocycles. The van der Waals surface area contributed by atoms with Crippen LogP contribution in [-0.2, 0) is 0 Å². The topological polar surface area (TPSA) is 0 Å². The van der Waals surface area contributed by atoms with E-state index < -0.39 is 7.54 Å². The SMILES string of the molecule is FB(F)F.SCCCS. The molecule has 0 heterocycles. The molecule has 0 fully saturated rings. The normalized spacial score (nSPS) is 7.67. The third kappa shape index (κ3) is 56.3. The molecule has 0 aliphatic rings. The van der Waals surface area contributed by atoms with E-state index in [-0.39, 0.29) is 0 Å². The Bertz CT molecular complexity index is 41.3. The molecule has 0 rings (SSSR count). The molecule has 0 aromatic carbocycles.